The van der Waals surface area contributed by atoms with Gasteiger partial charge in [-0.15, -0.1) is 11.3 Å². The van der Waals surface area contributed by atoms with E-state index in [0.717, 1.165) is 10.2 Å². The Balaban J connectivity index is 2.51. The first kappa shape index (κ1) is 13.7. The predicted octanol–water partition coefficient (Wildman–Crippen LogP) is 2.45. The van der Waals surface area contributed by atoms with Crippen molar-refractivity contribution in [2.45, 2.75) is 19.9 Å². The van der Waals surface area contributed by atoms with Gasteiger partial charge >= 0.3 is 0 Å². The summed E-state index contributed by atoms with van der Waals surface area (Å²) in [5.74, 6) is 0.174. The van der Waals surface area contributed by atoms with Crippen LogP contribution in [0, 0.1) is 5.92 Å². The number of nitrogens with zero attached hydrogens (tertiary/aromatic N) is 1. The number of nitrogens with two attached hydrogens (primary N) is 1. The zero-order chi connectivity index (χ0) is 12.1. The molecule has 0 saturated heterocycles. The van der Waals surface area contributed by atoms with Gasteiger partial charge in [0.15, 0.2) is 0 Å². The molecule has 0 aliphatic heterocycles. The summed E-state index contributed by atoms with van der Waals surface area (Å²) in [5, 5.41) is 0. The largest absolute Gasteiger partial charge is 0.340 e. The highest BCUT2D eigenvalue weighted by atomic mass is 79.9. The Morgan fingerprint density at radius 2 is 2.31 bits per heavy atom. The Labute approximate surface area is 109 Å². The van der Waals surface area contributed by atoms with Crippen LogP contribution in [0.25, 0.3) is 0 Å². The first-order chi connectivity index (χ1) is 7.54. The Hall–Kier alpha value is -0.390. The third-order valence-corrected chi connectivity index (χ3v) is 4.03. The van der Waals surface area contributed by atoms with Gasteiger partial charge in [-0.2, -0.15) is 0 Å². The second kappa shape index (κ2) is 6.37. The highest BCUT2D eigenvalue weighted by Crippen LogP contribution is 2.23. The van der Waals surface area contributed by atoms with Crippen LogP contribution in [0.2, 0.25) is 0 Å². The Kier molecular flexibility index (Phi) is 5.44. The van der Waals surface area contributed by atoms with Gasteiger partial charge in [0.2, 0.25) is 5.91 Å². The summed E-state index contributed by atoms with van der Waals surface area (Å²) < 4.78 is 1.10. The van der Waals surface area contributed by atoms with Crippen molar-refractivity contribution in [3.05, 3.63) is 20.8 Å². The van der Waals surface area contributed by atoms with Crippen LogP contribution >= 0.6 is 27.3 Å². The molecule has 1 rings (SSSR count). The molecular weight excluding hydrogens is 288 g/mol. The molecule has 1 aromatic heterocycles. The van der Waals surface area contributed by atoms with E-state index in [2.05, 4.69) is 15.9 Å². The first-order valence-corrected chi connectivity index (χ1v) is 6.84. The van der Waals surface area contributed by atoms with E-state index in [-0.39, 0.29) is 11.8 Å². The molecule has 5 heteroatoms. The fourth-order valence-corrected chi connectivity index (χ4v) is 3.03. The lowest BCUT2D eigenvalue weighted by molar-refractivity contribution is -0.134. The van der Waals surface area contributed by atoms with Gasteiger partial charge in [-0.3, -0.25) is 4.79 Å². The van der Waals surface area contributed by atoms with E-state index < -0.39 is 0 Å². The lowest BCUT2D eigenvalue weighted by atomic mass is 10.1. The smallest absolute Gasteiger partial charge is 0.225 e. The zero-order valence-electron chi connectivity index (χ0n) is 9.57. The molecule has 2 N–H and O–H groups in total. The van der Waals surface area contributed by atoms with Gasteiger partial charge in [-0.05, 0) is 41.0 Å². The van der Waals surface area contributed by atoms with Crippen molar-refractivity contribution in [3.8, 4) is 0 Å². The predicted molar refractivity (Wildman–Crippen MR) is 71.3 cm³/mol. The van der Waals surface area contributed by atoms with E-state index in [4.69, 9.17) is 5.73 Å². The number of carbonyl (C=O) groups excluding carboxylic acids is 1. The second-order valence-corrected chi connectivity index (χ2v) is 6.43. The minimum absolute atomic E-state index is 0.0124. The molecule has 0 aliphatic carbocycles. The molecule has 1 heterocycles. The van der Waals surface area contributed by atoms with E-state index in [9.17, 15) is 4.79 Å². The number of rotatable bonds is 5. The van der Waals surface area contributed by atoms with Crippen molar-refractivity contribution >= 4 is 33.2 Å². The highest BCUT2D eigenvalue weighted by Gasteiger charge is 2.17. The fourth-order valence-electron chi connectivity index (χ4n) is 1.50. The van der Waals surface area contributed by atoms with Crippen molar-refractivity contribution in [1.82, 2.24) is 4.90 Å². The molecule has 90 valence electrons. The maximum absolute atomic E-state index is 11.9. The number of halogens is 1. The molecule has 0 aliphatic rings. The summed E-state index contributed by atoms with van der Waals surface area (Å²) in [4.78, 5) is 14.9. The SMILES string of the molecule is CC(CCN)C(=O)N(C)Cc1ccc(Br)s1. The quantitative estimate of drug-likeness (QED) is 0.908. The standard InChI is InChI=1S/C11H17BrN2OS/c1-8(5-6-13)11(15)14(2)7-9-3-4-10(12)16-9/h3-4,8H,5-7,13H2,1-2H3. The van der Waals surface area contributed by atoms with Crippen LogP contribution in [-0.4, -0.2) is 24.4 Å². The van der Waals surface area contributed by atoms with Crippen molar-refractivity contribution in [2.75, 3.05) is 13.6 Å². The lowest BCUT2D eigenvalue weighted by Crippen LogP contribution is -2.31. The average molecular weight is 305 g/mol. The summed E-state index contributed by atoms with van der Waals surface area (Å²) in [6.45, 7) is 3.16. The summed E-state index contributed by atoms with van der Waals surface area (Å²) in [7, 11) is 1.84. The molecule has 0 fully saturated rings. The zero-order valence-corrected chi connectivity index (χ0v) is 12.0. The van der Waals surface area contributed by atoms with E-state index >= 15 is 0 Å². The summed E-state index contributed by atoms with van der Waals surface area (Å²) in [5.41, 5.74) is 5.45. The van der Waals surface area contributed by atoms with Crippen molar-refractivity contribution in [1.29, 1.82) is 0 Å². The topological polar surface area (TPSA) is 46.3 Å². The molecule has 0 spiro atoms. The Morgan fingerprint density at radius 3 is 2.81 bits per heavy atom. The molecule has 0 radical (unpaired) electrons. The lowest BCUT2D eigenvalue weighted by Gasteiger charge is -2.20. The minimum atomic E-state index is 0.0124. The molecule has 1 amide bonds. The van der Waals surface area contributed by atoms with Crippen LogP contribution in [0.3, 0.4) is 0 Å². The second-order valence-electron chi connectivity index (χ2n) is 3.88. The molecule has 0 bridgehead atoms. The van der Waals surface area contributed by atoms with E-state index in [0.29, 0.717) is 13.1 Å². The van der Waals surface area contributed by atoms with Gasteiger partial charge in [-0.1, -0.05) is 6.92 Å². The van der Waals surface area contributed by atoms with Crippen LogP contribution in [0.4, 0.5) is 0 Å². The fraction of sp³-hybridized carbons (Fsp3) is 0.545. The molecule has 16 heavy (non-hydrogen) atoms. The number of hydrogen-bond donors (Lipinski definition) is 1. The maximum Gasteiger partial charge on any atom is 0.225 e. The van der Waals surface area contributed by atoms with Gasteiger partial charge in [-0.25, -0.2) is 0 Å². The van der Waals surface area contributed by atoms with Crippen molar-refractivity contribution in [3.63, 3.8) is 0 Å². The van der Waals surface area contributed by atoms with Crippen LogP contribution in [0.1, 0.15) is 18.2 Å². The minimum Gasteiger partial charge on any atom is -0.340 e. The van der Waals surface area contributed by atoms with Crippen molar-refractivity contribution in [2.24, 2.45) is 11.7 Å². The maximum atomic E-state index is 11.9. The summed E-state index contributed by atoms with van der Waals surface area (Å²) in [6.07, 6.45) is 0.747. The summed E-state index contributed by atoms with van der Waals surface area (Å²) in [6, 6.07) is 4.04. The monoisotopic (exact) mass is 304 g/mol. The van der Waals surface area contributed by atoms with E-state index in [1.165, 1.54) is 4.88 Å². The number of amides is 1. The average Bonchev–Trinajstić information content (AvgIpc) is 2.63. The van der Waals surface area contributed by atoms with Crippen LogP contribution in [0.15, 0.2) is 15.9 Å². The van der Waals surface area contributed by atoms with Gasteiger partial charge in [0.1, 0.15) is 0 Å². The number of thiophene rings is 1. The molecule has 1 aromatic rings. The van der Waals surface area contributed by atoms with Crippen LogP contribution < -0.4 is 5.73 Å². The molecule has 0 saturated carbocycles. The normalized spacial score (nSPS) is 12.5. The molecule has 1 atom stereocenters. The molecule has 0 aromatic carbocycles. The number of hydrogen-bond acceptors (Lipinski definition) is 3. The third kappa shape index (κ3) is 3.88. The molecule has 1 unspecified atom stereocenters. The first-order valence-electron chi connectivity index (χ1n) is 5.24. The Morgan fingerprint density at radius 1 is 1.62 bits per heavy atom. The van der Waals surface area contributed by atoms with Gasteiger partial charge in [0, 0.05) is 17.8 Å². The van der Waals surface area contributed by atoms with Crippen LogP contribution in [-0.2, 0) is 11.3 Å². The van der Waals surface area contributed by atoms with Gasteiger partial charge in [0.25, 0.3) is 0 Å². The van der Waals surface area contributed by atoms with Crippen molar-refractivity contribution < 1.29 is 4.79 Å². The van der Waals surface area contributed by atoms with E-state index in [1.54, 1.807) is 16.2 Å². The van der Waals surface area contributed by atoms with Gasteiger partial charge < -0.3 is 10.6 Å². The number of carbonyl (C=O) groups is 1. The highest BCUT2D eigenvalue weighted by molar-refractivity contribution is 9.11. The third-order valence-electron chi connectivity index (χ3n) is 2.42. The van der Waals surface area contributed by atoms with Gasteiger partial charge in [0.05, 0.1) is 10.3 Å². The van der Waals surface area contributed by atoms with E-state index in [1.807, 2.05) is 26.1 Å². The summed E-state index contributed by atoms with van der Waals surface area (Å²) >= 11 is 5.07. The Bertz CT molecular complexity index is 354. The van der Waals surface area contributed by atoms with Crippen LogP contribution in [0.5, 0.6) is 0 Å². The molecule has 3 nitrogen and oxygen atoms in total. The molecular formula is C11H17BrN2OS.